The maximum Gasteiger partial charge on any atom is 0.264 e. The fourth-order valence-electron chi connectivity index (χ4n) is 4.71. The van der Waals surface area contributed by atoms with Crippen LogP contribution in [0.25, 0.3) is 22.0 Å². The zero-order chi connectivity index (χ0) is 27.1. The minimum absolute atomic E-state index is 0.0174. The van der Waals surface area contributed by atoms with Gasteiger partial charge in [0.1, 0.15) is 28.7 Å². The maximum absolute atomic E-state index is 14.1. The van der Waals surface area contributed by atoms with Gasteiger partial charge in [0.2, 0.25) is 0 Å². The predicted molar refractivity (Wildman–Crippen MR) is 143 cm³/mol. The molecule has 2 aromatic heterocycles. The molecule has 1 saturated heterocycles. The number of halogens is 2. The van der Waals surface area contributed by atoms with Crippen molar-refractivity contribution in [1.29, 1.82) is 0 Å². The first-order valence-corrected chi connectivity index (χ1v) is 13.7. The summed E-state index contributed by atoms with van der Waals surface area (Å²) < 4.78 is 55.2. The van der Waals surface area contributed by atoms with Crippen LogP contribution in [0.5, 0.6) is 0 Å². The summed E-state index contributed by atoms with van der Waals surface area (Å²) in [5.41, 5.74) is 2.40. The van der Waals surface area contributed by atoms with E-state index in [1.54, 1.807) is 18.6 Å². The highest BCUT2D eigenvalue weighted by atomic mass is 32.2. The molecule has 11 heteroatoms. The Bertz CT molecular complexity index is 1610. The zero-order valence-corrected chi connectivity index (χ0v) is 22.1. The van der Waals surface area contributed by atoms with Crippen molar-refractivity contribution >= 4 is 32.4 Å². The first-order chi connectivity index (χ1) is 18.0. The fraction of sp³-hybridized carbons (Fsp3) is 0.296. The summed E-state index contributed by atoms with van der Waals surface area (Å²) >= 11 is 0. The molecular formula is C27H28F2N6O2S. The first-order valence-electron chi connectivity index (χ1n) is 12.2. The van der Waals surface area contributed by atoms with Crippen molar-refractivity contribution in [2.45, 2.75) is 43.7 Å². The Labute approximate surface area is 220 Å². The molecule has 38 heavy (non-hydrogen) atoms. The van der Waals surface area contributed by atoms with E-state index in [2.05, 4.69) is 50.7 Å². The number of benzene rings is 2. The second-order valence-electron chi connectivity index (χ2n) is 10.4. The lowest BCUT2D eigenvalue weighted by Crippen LogP contribution is -2.45. The van der Waals surface area contributed by atoms with Crippen LogP contribution in [-0.4, -0.2) is 48.0 Å². The third kappa shape index (κ3) is 5.58. The molecule has 1 unspecified atom stereocenters. The van der Waals surface area contributed by atoms with Crippen LogP contribution in [0.1, 0.15) is 27.2 Å². The van der Waals surface area contributed by atoms with Gasteiger partial charge in [-0.25, -0.2) is 27.2 Å². The van der Waals surface area contributed by atoms with Crippen molar-refractivity contribution in [3.63, 3.8) is 0 Å². The number of hydrogen-bond acceptors (Lipinski definition) is 7. The number of fused-ring (bicyclic) bond motifs is 1. The number of hydrogen-bond donors (Lipinski definition) is 2. The van der Waals surface area contributed by atoms with Crippen molar-refractivity contribution in [2.24, 2.45) is 0 Å². The van der Waals surface area contributed by atoms with Crippen molar-refractivity contribution < 1.29 is 17.2 Å². The topological polar surface area (TPSA) is 100 Å². The van der Waals surface area contributed by atoms with E-state index in [-0.39, 0.29) is 11.2 Å². The van der Waals surface area contributed by atoms with E-state index in [9.17, 15) is 17.2 Å². The summed E-state index contributed by atoms with van der Waals surface area (Å²) in [5, 5.41) is 4.53. The molecule has 0 amide bonds. The van der Waals surface area contributed by atoms with Gasteiger partial charge in [0.15, 0.2) is 0 Å². The summed E-state index contributed by atoms with van der Waals surface area (Å²) in [4.78, 5) is 14.8. The van der Waals surface area contributed by atoms with Crippen LogP contribution < -0.4 is 14.9 Å². The standard InChI is InChI=1S/C27H28F2N6O2S/c1-27(2,3)33-20-8-9-35(15-20)26-22-11-17(4-6-24(22)31-16-32-26)18-10-21(14-30-13-18)34-38(36,37)25-7-5-19(28)12-23(25)29/h4-7,10-14,16,20,33-34H,8-9,15H2,1-3H3. The van der Waals surface area contributed by atoms with Crippen LogP contribution >= 0.6 is 0 Å². The van der Waals surface area contributed by atoms with Crippen LogP contribution in [-0.2, 0) is 10.0 Å². The first kappa shape index (κ1) is 25.9. The number of nitrogens with zero attached hydrogens (tertiary/aromatic N) is 4. The lowest BCUT2D eigenvalue weighted by atomic mass is 10.0. The Morgan fingerprint density at radius 3 is 2.58 bits per heavy atom. The predicted octanol–water partition coefficient (Wildman–Crippen LogP) is 4.74. The summed E-state index contributed by atoms with van der Waals surface area (Å²) in [7, 11) is -4.29. The molecule has 1 aliphatic rings. The summed E-state index contributed by atoms with van der Waals surface area (Å²) in [6.07, 6.45) is 5.50. The lowest BCUT2D eigenvalue weighted by Gasteiger charge is -2.26. The molecule has 0 saturated carbocycles. The lowest BCUT2D eigenvalue weighted by molar-refractivity contribution is 0.373. The highest BCUT2D eigenvalue weighted by molar-refractivity contribution is 7.92. The Kier molecular flexibility index (Phi) is 6.74. The molecule has 1 atom stereocenters. The third-order valence-corrected chi connectivity index (χ3v) is 7.66. The molecule has 0 aliphatic carbocycles. The SMILES string of the molecule is CC(C)(C)NC1CCN(c2ncnc3ccc(-c4cncc(NS(=O)(=O)c5ccc(F)cc5F)c4)cc23)C1. The average molecular weight is 539 g/mol. The maximum atomic E-state index is 14.1. The van der Waals surface area contributed by atoms with Gasteiger partial charge in [0, 0.05) is 47.9 Å². The molecule has 5 rings (SSSR count). The highest BCUT2D eigenvalue weighted by Gasteiger charge is 2.27. The molecule has 0 bridgehead atoms. The normalized spacial score (nSPS) is 16.2. The van der Waals surface area contributed by atoms with E-state index < -0.39 is 26.6 Å². The Morgan fingerprint density at radius 2 is 1.82 bits per heavy atom. The smallest absolute Gasteiger partial charge is 0.264 e. The van der Waals surface area contributed by atoms with Crippen LogP contribution in [0, 0.1) is 11.6 Å². The molecule has 0 spiro atoms. The van der Waals surface area contributed by atoms with Crippen molar-refractivity contribution in [3.8, 4) is 11.1 Å². The Hall–Kier alpha value is -3.70. The van der Waals surface area contributed by atoms with E-state index in [0.29, 0.717) is 17.7 Å². The molecular weight excluding hydrogens is 510 g/mol. The fourth-order valence-corrected chi connectivity index (χ4v) is 5.81. The Morgan fingerprint density at radius 1 is 1.00 bits per heavy atom. The van der Waals surface area contributed by atoms with Crippen LogP contribution in [0.15, 0.2) is 66.1 Å². The van der Waals surface area contributed by atoms with Gasteiger partial charge in [-0.1, -0.05) is 6.07 Å². The average Bonchev–Trinajstić information content (AvgIpc) is 3.29. The van der Waals surface area contributed by atoms with E-state index in [1.165, 1.54) is 6.20 Å². The number of pyridine rings is 1. The molecule has 4 aromatic rings. The molecule has 2 N–H and O–H groups in total. The van der Waals surface area contributed by atoms with Crippen LogP contribution in [0.4, 0.5) is 20.3 Å². The second-order valence-corrected chi connectivity index (χ2v) is 12.0. The van der Waals surface area contributed by atoms with Gasteiger partial charge in [-0.15, -0.1) is 0 Å². The minimum atomic E-state index is -4.29. The van der Waals surface area contributed by atoms with Gasteiger partial charge >= 0.3 is 0 Å². The van der Waals surface area contributed by atoms with Gasteiger partial charge in [-0.05, 0) is 63.1 Å². The summed E-state index contributed by atoms with van der Waals surface area (Å²) in [6.45, 7) is 8.15. The van der Waals surface area contributed by atoms with E-state index in [1.807, 2.05) is 18.2 Å². The number of rotatable bonds is 6. The monoisotopic (exact) mass is 538 g/mol. The van der Waals surface area contributed by atoms with Gasteiger partial charge < -0.3 is 10.2 Å². The second kappa shape index (κ2) is 9.88. The van der Waals surface area contributed by atoms with Gasteiger partial charge in [-0.3, -0.25) is 9.71 Å². The highest BCUT2D eigenvalue weighted by Crippen LogP contribution is 2.31. The van der Waals surface area contributed by atoms with Crippen molar-refractivity contribution in [1.82, 2.24) is 20.3 Å². The molecule has 8 nitrogen and oxygen atoms in total. The molecule has 2 aromatic carbocycles. The number of anilines is 2. The number of sulfonamides is 1. The van der Waals surface area contributed by atoms with Gasteiger partial charge in [0.25, 0.3) is 10.0 Å². The van der Waals surface area contributed by atoms with Gasteiger partial charge in [-0.2, -0.15) is 0 Å². The van der Waals surface area contributed by atoms with E-state index in [4.69, 9.17) is 0 Å². The van der Waals surface area contributed by atoms with Crippen LogP contribution in [0.3, 0.4) is 0 Å². The van der Waals surface area contributed by atoms with E-state index in [0.717, 1.165) is 53.9 Å². The summed E-state index contributed by atoms with van der Waals surface area (Å²) in [5.74, 6) is -1.20. The molecule has 0 radical (unpaired) electrons. The van der Waals surface area contributed by atoms with Gasteiger partial charge in [0.05, 0.1) is 17.4 Å². The number of nitrogens with one attached hydrogen (secondary N) is 2. The zero-order valence-electron chi connectivity index (χ0n) is 21.2. The summed E-state index contributed by atoms with van der Waals surface area (Å²) in [6, 6.07) is 9.99. The quantitative estimate of drug-likeness (QED) is 0.366. The van der Waals surface area contributed by atoms with Crippen LogP contribution in [0.2, 0.25) is 0 Å². The largest absolute Gasteiger partial charge is 0.354 e. The molecule has 198 valence electrons. The third-order valence-electron chi connectivity index (χ3n) is 6.25. The Balaban J connectivity index is 1.44. The minimum Gasteiger partial charge on any atom is -0.354 e. The molecule has 1 aliphatic heterocycles. The number of aromatic nitrogens is 3. The van der Waals surface area contributed by atoms with Crippen molar-refractivity contribution in [3.05, 3.63) is 72.8 Å². The molecule has 1 fully saturated rings. The van der Waals surface area contributed by atoms with E-state index >= 15 is 0 Å². The van der Waals surface area contributed by atoms with Crippen molar-refractivity contribution in [2.75, 3.05) is 22.7 Å². The molecule has 3 heterocycles.